The average Bonchev–Trinajstić information content (AvgIpc) is 3.00. The molecule has 1 aliphatic carbocycles. The second-order valence-corrected chi connectivity index (χ2v) is 10.4. The summed E-state index contributed by atoms with van der Waals surface area (Å²) in [6.07, 6.45) is 9.35. The van der Waals surface area contributed by atoms with Gasteiger partial charge in [-0.05, 0) is 62.5 Å². The van der Waals surface area contributed by atoms with Gasteiger partial charge in [-0.1, -0.05) is 20.3 Å². The summed E-state index contributed by atoms with van der Waals surface area (Å²) < 4.78 is 11.7. The molecule has 0 aromatic carbocycles. The van der Waals surface area contributed by atoms with Crippen molar-refractivity contribution in [3.05, 3.63) is 29.6 Å². The first-order chi connectivity index (χ1) is 17.5. The molecular formula is C27H35N5O4. The number of ether oxygens (including phenoxy) is 2. The minimum Gasteiger partial charge on any atom is -0.481 e. The van der Waals surface area contributed by atoms with E-state index < -0.39 is 5.97 Å². The van der Waals surface area contributed by atoms with E-state index in [2.05, 4.69) is 45.8 Å². The lowest BCUT2D eigenvalue weighted by Crippen LogP contribution is -2.36. The molecule has 0 unspecified atom stereocenters. The minimum absolute atomic E-state index is 0.275. The minimum atomic E-state index is -0.697. The number of hydrogen-bond donors (Lipinski definition) is 1. The van der Waals surface area contributed by atoms with Crippen LogP contribution < -0.4 is 14.4 Å². The average molecular weight is 494 g/mol. The van der Waals surface area contributed by atoms with Gasteiger partial charge < -0.3 is 19.5 Å². The molecule has 192 valence electrons. The summed E-state index contributed by atoms with van der Waals surface area (Å²) >= 11 is 0. The number of anilines is 1. The van der Waals surface area contributed by atoms with Crippen molar-refractivity contribution < 1.29 is 19.4 Å². The summed E-state index contributed by atoms with van der Waals surface area (Å²) in [6.45, 7) is 6.17. The first-order valence-corrected chi connectivity index (χ1v) is 13.2. The Labute approximate surface area is 212 Å². The molecule has 0 atom stereocenters. The largest absolute Gasteiger partial charge is 0.481 e. The number of pyridine rings is 1. The van der Waals surface area contributed by atoms with Gasteiger partial charge in [-0.3, -0.25) is 9.78 Å². The van der Waals surface area contributed by atoms with Crippen molar-refractivity contribution in [1.29, 1.82) is 0 Å². The van der Waals surface area contributed by atoms with E-state index in [1.807, 2.05) is 6.20 Å². The fourth-order valence-corrected chi connectivity index (χ4v) is 5.27. The van der Waals surface area contributed by atoms with Crippen LogP contribution in [0.15, 0.2) is 23.3 Å². The number of amidine groups is 1. The van der Waals surface area contributed by atoms with Crippen molar-refractivity contribution in [3.63, 3.8) is 0 Å². The number of unbranched alkanes of at least 4 members (excludes halogenated alkanes) is 1. The molecule has 2 aliphatic heterocycles. The van der Waals surface area contributed by atoms with Gasteiger partial charge in [-0.2, -0.15) is 9.97 Å². The topological polar surface area (TPSA) is 110 Å². The van der Waals surface area contributed by atoms with Crippen LogP contribution in [0.4, 0.5) is 11.5 Å². The Balaban J connectivity index is 1.21. The maximum absolute atomic E-state index is 11.0. The predicted octanol–water partition coefficient (Wildman–Crippen LogP) is 5.12. The van der Waals surface area contributed by atoms with Crippen LogP contribution in [-0.4, -0.2) is 51.6 Å². The molecule has 0 amide bonds. The Hall–Kier alpha value is -3.23. The molecule has 1 saturated carbocycles. The van der Waals surface area contributed by atoms with E-state index in [-0.39, 0.29) is 6.42 Å². The Morgan fingerprint density at radius 2 is 2.03 bits per heavy atom. The number of carbonyl (C=O) groups is 1. The fraction of sp³-hybridized carbons (Fsp3) is 0.593. The highest BCUT2D eigenvalue weighted by Crippen LogP contribution is 2.40. The number of hydrogen-bond acceptors (Lipinski definition) is 8. The molecule has 0 spiro atoms. The van der Waals surface area contributed by atoms with Crippen LogP contribution in [-0.2, 0) is 4.79 Å². The van der Waals surface area contributed by atoms with Gasteiger partial charge in [0.2, 0.25) is 5.88 Å². The van der Waals surface area contributed by atoms with E-state index in [9.17, 15) is 4.79 Å². The van der Waals surface area contributed by atoms with Gasteiger partial charge in [-0.25, -0.2) is 4.99 Å². The van der Waals surface area contributed by atoms with Crippen LogP contribution in [0, 0.1) is 11.8 Å². The van der Waals surface area contributed by atoms with Crippen LogP contribution in [0.2, 0.25) is 0 Å². The van der Waals surface area contributed by atoms with E-state index >= 15 is 0 Å². The number of aliphatic carboxylic acids is 1. The van der Waals surface area contributed by atoms with Gasteiger partial charge in [0.25, 0.3) is 0 Å². The van der Waals surface area contributed by atoms with Crippen molar-refractivity contribution in [1.82, 2.24) is 15.0 Å². The SMILES string of the molecule is CC(C)CCCCOc1nc2c3c(n1)OCCN(c1ccc(C4CCC(CC(=O)O)CC4)nc1)C3=N2. The molecule has 1 N–H and O–H groups in total. The van der Waals surface area contributed by atoms with Gasteiger partial charge in [-0.15, -0.1) is 0 Å². The number of nitrogens with zero attached hydrogens (tertiary/aromatic N) is 5. The summed E-state index contributed by atoms with van der Waals surface area (Å²) in [5.41, 5.74) is 2.87. The lowest BCUT2D eigenvalue weighted by Gasteiger charge is -2.29. The third-order valence-electron chi connectivity index (χ3n) is 7.30. The molecule has 4 heterocycles. The van der Waals surface area contributed by atoms with E-state index in [4.69, 9.17) is 19.6 Å². The summed E-state index contributed by atoms with van der Waals surface area (Å²) in [5, 5.41) is 9.04. The lowest BCUT2D eigenvalue weighted by atomic mass is 9.79. The zero-order chi connectivity index (χ0) is 25.1. The first-order valence-electron chi connectivity index (χ1n) is 13.2. The summed E-state index contributed by atoms with van der Waals surface area (Å²) in [6, 6.07) is 4.51. The molecule has 36 heavy (non-hydrogen) atoms. The first kappa shape index (κ1) is 24.5. The van der Waals surface area contributed by atoms with E-state index in [0.29, 0.717) is 55.2 Å². The van der Waals surface area contributed by atoms with Gasteiger partial charge in [0.05, 0.1) is 25.0 Å². The number of carboxylic acid groups (broad SMARTS) is 1. The molecule has 9 nitrogen and oxygen atoms in total. The molecular weight excluding hydrogens is 458 g/mol. The van der Waals surface area contributed by atoms with Crippen molar-refractivity contribution in [2.24, 2.45) is 16.8 Å². The summed E-state index contributed by atoms with van der Waals surface area (Å²) in [5.74, 6) is 2.64. The monoisotopic (exact) mass is 493 g/mol. The molecule has 2 aromatic heterocycles. The Kier molecular flexibility index (Phi) is 7.34. The normalized spacial score (nSPS) is 20.6. The fourth-order valence-electron chi connectivity index (χ4n) is 5.27. The molecule has 3 aliphatic rings. The Morgan fingerprint density at radius 3 is 2.75 bits per heavy atom. The maximum atomic E-state index is 11.0. The van der Waals surface area contributed by atoms with E-state index in [1.54, 1.807) is 0 Å². The lowest BCUT2D eigenvalue weighted by molar-refractivity contribution is -0.138. The maximum Gasteiger partial charge on any atom is 0.321 e. The summed E-state index contributed by atoms with van der Waals surface area (Å²) in [7, 11) is 0. The molecule has 9 heteroatoms. The molecule has 5 rings (SSSR count). The van der Waals surface area contributed by atoms with Crippen LogP contribution in [0.1, 0.15) is 82.4 Å². The van der Waals surface area contributed by atoms with Crippen LogP contribution in [0.25, 0.3) is 0 Å². The third kappa shape index (κ3) is 5.44. The Morgan fingerprint density at radius 1 is 1.19 bits per heavy atom. The standard InChI is InChI=1S/C27H35N5O4/c1-17(2)5-3-4-13-36-27-30-24-23-25(29-24)32(12-14-35-26(23)31-27)20-10-11-21(28-16-20)19-8-6-18(7-9-19)15-22(33)34/h10-11,16-19H,3-9,12-15H2,1-2H3,(H,33,34). The predicted molar refractivity (Wildman–Crippen MR) is 136 cm³/mol. The number of rotatable bonds is 10. The van der Waals surface area contributed by atoms with Gasteiger partial charge in [0.1, 0.15) is 12.2 Å². The highest BCUT2D eigenvalue weighted by atomic mass is 16.5. The second-order valence-electron chi connectivity index (χ2n) is 10.4. The van der Waals surface area contributed by atoms with E-state index in [0.717, 1.165) is 61.3 Å². The van der Waals surface area contributed by atoms with Crippen LogP contribution in [0.5, 0.6) is 11.9 Å². The van der Waals surface area contributed by atoms with Crippen molar-refractivity contribution in [2.45, 2.75) is 71.1 Å². The second kappa shape index (κ2) is 10.8. The quantitative estimate of drug-likeness (QED) is 0.454. The molecule has 1 fully saturated rings. The Bertz CT molecular complexity index is 1110. The molecule has 0 saturated heterocycles. The van der Waals surface area contributed by atoms with Gasteiger partial charge >= 0.3 is 12.0 Å². The van der Waals surface area contributed by atoms with Gasteiger partial charge in [0.15, 0.2) is 11.7 Å². The van der Waals surface area contributed by atoms with Crippen molar-refractivity contribution in [2.75, 3.05) is 24.7 Å². The number of aliphatic imine (C=N–C) groups is 1. The molecule has 0 bridgehead atoms. The molecule has 0 radical (unpaired) electrons. The van der Waals surface area contributed by atoms with Crippen molar-refractivity contribution >= 4 is 23.3 Å². The number of aromatic nitrogens is 3. The van der Waals surface area contributed by atoms with Crippen molar-refractivity contribution in [3.8, 4) is 11.9 Å². The molecule has 2 aromatic rings. The highest BCUT2D eigenvalue weighted by Gasteiger charge is 2.35. The number of carboxylic acids is 1. The highest BCUT2D eigenvalue weighted by molar-refractivity contribution is 6.20. The van der Waals surface area contributed by atoms with Crippen LogP contribution >= 0.6 is 0 Å². The van der Waals surface area contributed by atoms with E-state index in [1.165, 1.54) is 6.42 Å². The van der Waals surface area contributed by atoms with Gasteiger partial charge in [0, 0.05) is 18.0 Å². The zero-order valence-electron chi connectivity index (χ0n) is 21.2. The smallest absolute Gasteiger partial charge is 0.321 e. The summed E-state index contributed by atoms with van der Waals surface area (Å²) in [4.78, 5) is 31.5. The van der Waals surface area contributed by atoms with Crippen LogP contribution in [0.3, 0.4) is 0 Å². The third-order valence-corrected chi connectivity index (χ3v) is 7.30. The zero-order valence-corrected chi connectivity index (χ0v) is 21.2.